The van der Waals surface area contributed by atoms with Crippen molar-refractivity contribution in [3.05, 3.63) is 53.7 Å². The van der Waals surface area contributed by atoms with Gasteiger partial charge in [-0.25, -0.2) is 4.98 Å². The molecule has 1 aromatic heterocycles. The van der Waals surface area contributed by atoms with Crippen LogP contribution in [-0.4, -0.2) is 4.98 Å². The number of pyridine rings is 1. The van der Waals surface area contributed by atoms with E-state index >= 15 is 0 Å². The topological polar surface area (TPSA) is 48.1 Å². The number of nitrogens with two attached hydrogens (primary N) is 1. The van der Waals surface area contributed by atoms with E-state index in [2.05, 4.69) is 18.0 Å². The monoisotopic (exact) mass is 242 g/mol. The molecule has 0 fully saturated rings. The summed E-state index contributed by atoms with van der Waals surface area (Å²) in [6.07, 6.45) is 2.71. The van der Waals surface area contributed by atoms with E-state index in [0.29, 0.717) is 5.88 Å². The van der Waals surface area contributed by atoms with Crippen LogP contribution in [0.15, 0.2) is 42.6 Å². The summed E-state index contributed by atoms with van der Waals surface area (Å²) < 4.78 is 5.74. The molecule has 94 valence electrons. The zero-order valence-corrected chi connectivity index (χ0v) is 10.8. The van der Waals surface area contributed by atoms with Crippen LogP contribution in [0, 0.1) is 0 Å². The van der Waals surface area contributed by atoms with Crippen LogP contribution >= 0.6 is 0 Å². The Kier molecular flexibility index (Phi) is 3.95. The standard InChI is InChI=1S/C15H18N2O/c1-3-12-5-4-6-14(9-12)18-15-10-13(11(2)16)7-8-17-15/h4-11H,3,16H2,1-2H3/t11-/m1/s1. The molecular weight excluding hydrogens is 224 g/mol. The molecule has 2 aromatic rings. The Hall–Kier alpha value is -1.87. The molecule has 0 aliphatic heterocycles. The Bertz CT molecular complexity index is 523. The summed E-state index contributed by atoms with van der Waals surface area (Å²) in [4.78, 5) is 4.19. The Morgan fingerprint density at radius 1 is 1.28 bits per heavy atom. The van der Waals surface area contributed by atoms with E-state index in [1.54, 1.807) is 6.20 Å². The third-order valence-electron chi connectivity index (χ3n) is 2.81. The Balaban J connectivity index is 2.20. The first kappa shape index (κ1) is 12.6. The van der Waals surface area contributed by atoms with Gasteiger partial charge in [-0.05, 0) is 42.7 Å². The van der Waals surface area contributed by atoms with Gasteiger partial charge >= 0.3 is 0 Å². The minimum Gasteiger partial charge on any atom is -0.439 e. The smallest absolute Gasteiger partial charge is 0.219 e. The van der Waals surface area contributed by atoms with Crippen LogP contribution in [-0.2, 0) is 6.42 Å². The van der Waals surface area contributed by atoms with Crippen LogP contribution in [0.2, 0.25) is 0 Å². The van der Waals surface area contributed by atoms with E-state index in [1.807, 2.05) is 37.3 Å². The van der Waals surface area contributed by atoms with Gasteiger partial charge in [0.1, 0.15) is 5.75 Å². The molecule has 0 bridgehead atoms. The van der Waals surface area contributed by atoms with Crippen molar-refractivity contribution in [2.45, 2.75) is 26.3 Å². The molecule has 1 heterocycles. The summed E-state index contributed by atoms with van der Waals surface area (Å²) in [6.45, 7) is 4.06. The van der Waals surface area contributed by atoms with E-state index in [1.165, 1.54) is 5.56 Å². The first-order chi connectivity index (χ1) is 8.69. The lowest BCUT2D eigenvalue weighted by atomic mass is 10.1. The second-order valence-corrected chi connectivity index (χ2v) is 4.32. The molecule has 0 saturated heterocycles. The highest BCUT2D eigenvalue weighted by molar-refractivity contribution is 5.33. The molecule has 0 radical (unpaired) electrons. The maximum Gasteiger partial charge on any atom is 0.219 e. The molecule has 2 rings (SSSR count). The van der Waals surface area contributed by atoms with Crippen LogP contribution < -0.4 is 10.5 Å². The molecule has 0 aliphatic rings. The van der Waals surface area contributed by atoms with Gasteiger partial charge in [0.2, 0.25) is 5.88 Å². The maximum absolute atomic E-state index is 5.84. The van der Waals surface area contributed by atoms with Crippen molar-refractivity contribution in [3.63, 3.8) is 0 Å². The second-order valence-electron chi connectivity index (χ2n) is 4.32. The molecule has 2 N–H and O–H groups in total. The summed E-state index contributed by atoms with van der Waals surface area (Å²) in [5.74, 6) is 1.39. The Morgan fingerprint density at radius 3 is 2.83 bits per heavy atom. The van der Waals surface area contributed by atoms with Crippen molar-refractivity contribution >= 4 is 0 Å². The molecule has 0 amide bonds. The Labute approximate surface area is 108 Å². The van der Waals surface area contributed by atoms with E-state index in [9.17, 15) is 0 Å². The number of benzene rings is 1. The first-order valence-electron chi connectivity index (χ1n) is 6.17. The fourth-order valence-corrected chi connectivity index (χ4v) is 1.71. The highest BCUT2D eigenvalue weighted by atomic mass is 16.5. The van der Waals surface area contributed by atoms with E-state index in [0.717, 1.165) is 17.7 Å². The number of nitrogens with zero attached hydrogens (tertiary/aromatic N) is 1. The zero-order valence-electron chi connectivity index (χ0n) is 10.8. The molecule has 0 unspecified atom stereocenters. The summed E-state index contributed by atoms with van der Waals surface area (Å²) in [5.41, 5.74) is 8.10. The van der Waals surface area contributed by atoms with Crippen LogP contribution in [0.4, 0.5) is 0 Å². The highest BCUT2D eigenvalue weighted by Gasteiger charge is 2.04. The van der Waals surface area contributed by atoms with Crippen molar-refractivity contribution in [1.29, 1.82) is 0 Å². The largest absolute Gasteiger partial charge is 0.439 e. The van der Waals surface area contributed by atoms with E-state index in [4.69, 9.17) is 10.5 Å². The van der Waals surface area contributed by atoms with Gasteiger partial charge in [-0.2, -0.15) is 0 Å². The fraction of sp³-hybridized carbons (Fsp3) is 0.267. The van der Waals surface area contributed by atoms with E-state index < -0.39 is 0 Å². The fourth-order valence-electron chi connectivity index (χ4n) is 1.71. The summed E-state index contributed by atoms with van der Waals surface area (Å²) in [5, 5.41) is 0. The second kappa shape index (κ2) is 5.65. The summed E-state index contributed by atoms with van der Waals surface area (Å²) >= 11 is 0. The normalized spacial score (nSPS) is 12.2. The molecule has 0 aliphatic carbocycles. The van der Waals surface area contributed by atoms with Gasteiger partial charge in [-0.1, -0.05) is 19.1 Å². The average molecular weight is 242 g/mol. The molecule has 0 saturated carbocycles. The number of aryl methyl sites for hydroxylation is 1. The highest BCUT2D eigenvalue weighted by Crippen LogP contribution is 2.22. The molecule has 0 spiro atoms. The average Bonchev–Trinajstić information content (AvgIpc) is 2.39. The third-order valence-corrected chi connectivity index (χ3v) is 2.81. The lowest BCUT2D eigenvalue weighted by Gasteiger charge is -2.09. The predicted molar refractivity (Wildman–Crippen MR) is 72.7 cm³/mol. The molecule has 3 heteroatoms. The molecule has 3 nitrogen and oxygen atoms in total. The number of hydrogen-bond acceptors (Lipinski definition) is 3. The van der Waals surface area contributed by atoms with Crippen molar-refractivity contribution in [3.8, 4) is 11.6 Å². The Morgan fingerprint density at radius 2 is 2.11 bits per heavy atom. The minimum atomic E-state index is -0.0164. The summed E-state index contributed by atoms with van der Waals surface area (Å²) in [6, 6.07) is 11.8. The van der Waals surface area contributed by atoms with Gasteiger partial charge in [-0.3, -0.25) is 0 Å². The lowest BCUT2D eigenvalue weighted by Crippen LogP contribution is -2.05. The van der Waals surface area contributed by atoms with E-state index in [-0.39, 0.29) is 6.04 Å². The molecule has 1 aromatic carbocycles. The third kappa shape index (κ3) is 3.08. The zero-order chi connectivity index (χ0) is 13.0. The van der Waals surface area contributed by atoms with Crippen molar-refractivity contribution in [2.75, 3.05) is 0 Å². The van der Waals surface area contributed by atoms with Gasteiger partial charge in [0.15, 0.2) is 0 Å². The van der Waals surface area contributed by atoms with Gasteiger partial charge in [0.25, 0.3) is 0 Å². The number of aromatic nitrogens is 1. The maximum atomic E-state index is 5.84. The lowest BCUT2D eigenvalue weighted by molar-refractivity contribution is 0.461. The molecule has 18 heavy (non-hydrogen) atoms. The first-order valence-corrected chi connectivity index (χ1v) is 6.17. The van der Waals surface area contributed by atoms with Crippen LogP contribution in [0.5, 0.6) is 11.6 Å². The van der Waals surface area contributed by atoms with Crippen LogP contribution in [0.25, 0.3) is 0 Å². The minimum absolute atomic E-state index is 0.0164. The number of hydrogen-bond donors (Lipinski definition) is 1. The van der Waals surface area contributed by atoms with Crippen molar-refractivity contribution in [1.82, 2.24) is 4.98 Å². The number of ether oxygens (including phenoxy) is 1. The van der Waals surface area contributed by atoms with Crippen molar-refractivity contribution in [2.24, 2.45) is 5.73 Å². The SMILES string of the molecule is CCc1cccc(Oc2cc([C@@H](C)N)ccn2)c1. The van der Waals surface area contributed by atoms with Gasteiger partial charge in [0.05, 0.1) is 0 Å². The van der Waals surface area contributed by atoms with Crippen molar-refractivity contribution < 1.29 is 4.74 Å². The van der Waals surface area contributed by atoms with Gasteiger partial charge in [0, 0.05) is 18.3 Å². The van der Waals surface area contributed by atoms with Crippen LogP contribution in [0.1, 0.15) is 31.0 Å². The predicted octanol–water partition coefficient (Wildman–Crippen LogP) is 3.46. The quantitative estimate of drug-likeness (QED) is 0.893. The summed E-state index contributed by atoms with van der Waals surface area (Å²) in [7, 11) is 0. The van der Waals surface area contributed by atoms with Crippen LogP contribution in [0.3, 0.4) is 0 Å². The molecular formula is C15H18N2O. The van der Waals surface area contributed by atoms with Gasteiger partial charge < -0.3 is 10.5 Å². The number of rotatable bonds is 4. The van der Waals surface area contributed by atoms with Gasteiger partial charge in [-0.15, -0.1) is 0 Å². The molecule has 1 atom stereocenters.